The first kappa shape index (κ1) is 22.4. The number of ether oxygens (including phenoxy) is 2. The van der Waals surface area contributed by atoms with E-state index >= 15 is 0 Å². The molecule has 1 saturated heterocycles. The van der Waals surface area contributed by atoms with Gasteiger partial charge in [0.25, 0.3) is 5.91 Å². The summed E-state index contributed by atoms with van der Waals surface area (Å²) in [5, 5.41) is 5.58. The van der Waals surface area contributed by atoms with Gasteiger partial charge in [0.05, 0.1) is 23.8 Å². The Bertz CT molecular complexity index is 1220. The van der Waals surface area contributed by atoms with Crippen LogP contribution in [0.1, 0.15) is 25.8 Å². The van der Waals surface area contributed by atoms with Crippen LogP contribution < -0.4 is 14.8 Å². The van der Waals surface area contributed by atoms with Crippen LogP contribution in [0, 0.1) is 0 Å². The van der Waals surface area contributed by atoms with Crippen LogP contribution in [0.2, 0.25) is 0 Å². The van der Waals surface area contributed by atoms with Crippen molar-refractivity contribution in [3.05, 3.63) is 69.5 Å². The first-order valence-corrected chi connectivity index (χ1v) is 12.1. The van der Waals surface area contributed by atoms with Crippen LogP contribution in [-0.4, -0.2) is 24.3 Å². The fourth-order valence-electron chi connectivity index (χ4n) is 3.29. The molecular formula is C25H23BrN2O3S. The molecule has 0 saturated carbocycles. The number of fused-ring (bicyclic) bond motifs is 1. The van der Waals surface area contributed by atoms with Crippen molar-refractivity contribution in [1.82, 2.24) is 5.32 Å². The molecule has 0 atom stereocenters. The van der Waals surface area contributed by atoms with E-state index < -0.39 is 0 Å². The fourth-order valence-corrected chi connectivity index (χ4v) is 4.55. The third-order valence-electron chi connectivity index (χ3n) is 4.75. The lowest BCUT2D eigenvalue weighted by molar-refractivity contribution is -0.115. The highest BCUT2D eigenvalue weighted by atomic mass is 79.9. The van der Waals surface area contributed by atoms with Crippen molar-refractivity contribution in [3.8, 4) is 11.5 Å². The van der Waals surface area contributed by atoms with E-state index in [4.69, 9.17) is 14.5 Å². The van der Waals surface area contributed by atoms with E-state index in [0.717, 1.165) is 32.9 Å². The SMILES string of the molecule is CCCOc1cc(Br)c(C=C2SC(=Nc3cccc4ccccc34)NC2=O)cc1OCC. The van der Waals surface area contributed by atoms with Crippen molar-refractivity contribution >= 4 is 61.3 Å². The summed E-state index contributed by atoms with van der Waals surface area (Å²) in [7, 11) is 0. The highest BCUT2D eigenvalue weighted by Crippen LogP contribution is 2.37. The van der Waals surface area contributed by atoms with E-state index in [0.29, 0.717) is 34.8 Å². The van der Waals surface area contributed by atoms with E-state index in [-0.39, 0.29) is 5.91 Å². The van der Waals surface area contributed by atoms with Crippen LogP contribution in [0.25, 0.3) is 16.8 Å². The molecule has 164 valence electrons. The van der Waals surface area contributed by atoms with Crippen LogP contribution >= 0.6 is 27.7 Å². The molecule has 3 aromatic rings. The van der Waals surface area contributed by atoms with Gasteiger partial charge in [-0.25, -0.2) is 4.99 Å². The molecule has 7 heteroatoms. The maximum absolute atomic E-state index is 12.6. The summed E-state index contributed by atoms with van der Waals surface area (Å²) in [6.45, 7) is 5.12. The molecular weight excluding hydrogens is 488 g/mol. The standard InChI is InChI=1S/C25H23BrN2O3S/c1-3-12-31-22-15-19(26)17(13-21(22)30-4-2)14-23-24(29)28-25(32-23)27-20-11-7-9-16-8-5-6-10-18(16)20/h5-11,13-15H,3-4,12H2,1-2H3,(H,27,28,29). The van der Waals surface area contributed by atoms with Crippen molar-refractivity contribution in [2.75, 3.05) is 13.2 Å². The lowest BCUT2D eigenvalue weighted by Gasteiger charge is -2.13. The number of halogens is 1. The van der Waals surface area contributed by atoms with E-state index in [1.54, 1.807) is 0 Å². The van der Waals surface area contributed by atoms with Crippen molar-refractivity contribution in [3.63, 3.8) is 0 Å². The molecule has 1 amide bonds. The number of hydrogen-bond acceptors (Lipinski definition) is 5. The largest absolute Gasteiger partial charge is 0.490 e. The summed E-state index contributed by atoms with van der Waals surface area (Å²) in [6, 6.07) is 17.8. The summed E-state index contributed by atoms with van der Waals surface area (Å²) in [5.74, 6) is 1.17. The smallest absolute Gasteiger partial charge is 0.264 e. The minimum absolute atomic E-state index is 0.176. The molecule has 32 heavy (non-hydrogen) atoms. The number of benzene rings is 3. The normalized spacial score (nSPS) is 16.0. The average Bonchev–Trinajstić information content (AvgIpc) is 3.13. The third-order valence-corrected chi connectivity index (χ3v) is 6.35. The number of carbonyl (C=O) groups excluding carboxylic acids is 1. The first-order chi connectivity index (χ1) is 15.6. The van der Waals surface area contributed by atoms with Gasteiger partial charge in [0.1, 0.15) is 0 Å². The van der Waals surface area contributed by atoms with Gasteiger partial charge in [-0.3, -0.25) is 4.79 Å². The molecule has 0 spiro atoms. The molecule has 1 aliphatic heterocycles. The summed E-state index contributed by atoms with van der Waals surface area (Å²) in [6.07, 6.45) is 2.74. The topological polar surface area (TPSA) is 59.9 Å². The summed E-state index contributed by atoms with van der Waals surface area (Å²) in [5.41, 5.74) is 1.66. The maximum Gasteiger partial charge on any atom is 0.264 e. The Labute approximate surface area is 200 Å². The van der Waals surface area contributed by atoms with Gasteiger partial charge in [0, 0.05) is 9.86 Å². The van der Waals surface area contributed by atoms with Crippen LogP contribution in [-0.2, 0) is 4.79 Å². The van der Waals surface area contributed by atoms with Gasteiger partial charge in [0.15, 0.2) is 16.7 Å². The van der Waals surface area contributed by atoms with E-state index in [2.05, 4.69) is 28.2 Å². The highest BCUT2D eigenvalue weighted by Gasteiger charge is 2.24. The second-order valence-electron chi connectivity index (χ2n) is 7.08. The Morgan fingerprint density at radius 1 is 1.06 bits per heavy atom. The second-order valence-corrected chi connectivity index (χ2v) is 8.97. The minimum atomic E-state index is -0.176. The average molecular weight is 511 g/mol. The molecule has 0 aliphatic carbocycles. The summed E-state index contributed by atoms with van der Waals surface area (Å²) < 4.78 is 12.4. The Morgan fingerprint density at radius 2 is 1.84 bits per heavy atom. The van der Waals surface area contributed by atoms with Gasteiger partial charge in [-0.2, -0.15) is 0 Å². The Morgan fingerprint density at radius 3 is 2.66 bits per heavy atom. The van der Waals surface area contributed by atoms with Gasteiger partial charge in [-0.15, -0.1) is 0 Å². The monoisotopic (exact) mass is 510 g/mol. The van der Waals surface area contributed by atoms with Crippen LogP contribution in [0.3, 0.4) is 0 Å². The van der Waals surface area contributed by atoms with E-state index in [1.165, 1.54) is 11.8 Å². The molecule has 0 aromatic heterocycles. The molecule has 0 unspecified atom stereocenters. The number of thioether (sulfide) groups is 1. The molecule has 3 aromatic carbocycles. The Hall–Kier alpha value is -2.77. The van der Waals surface area contributed by atoms with Crippen molar-refractivity contribution in [2.45, 2.75) is 20.3 Å². The van der Waals surface area contributed by atoms with Crippen molar-refractivity contribution in [2.24, 2.45) is 4.99 Å². The molecule has 5 nitrogen and oxygen atoms in total. The number of nitrogens with zero attached hydrogens (tertiary/aromatic N) is 1. The van der Waals surface area contributed by atoms with Gasteiger partial charge in [0.2, 0.25) is 0 Å². The van der Waals surface area contributed by atoms with Gasteiger partial charge in [-0.05, 0) is 60.3 Å². The number of hydrogen-bond donors (Lipinski definition) is 1. The Balaban J connectivity index is 1.63. The lowest BCUT2D eigenvalue weighted by atomic mass is 10.1. The minimum Gasteiger partial charge on any atom is -0.490 e. The molecule has 1 heterocycles. The van der Waals surface area contributed by atoms with Crippen molar-refractivity contribution < 1.29 is 14.3 Å². The van der Waals surface area contributed by atoms with E-state index in [9.17, 15) is 4.79 Å². The summed E-state index contributed by atoms with van der Waals surface area (Å²) >= 11 is 4.92. The zero-order valence-corrected chi connectivity index (χ0v) is 20.3. The lowest BCUT2D eigenvalue weighted by Crippen LogP contribution is -2.19. The number of amidine groups is 1. The van der Waals surface area contributed by atoms with Gasteiger partial charge in [-0.1, -0.05) is 59.3 Å². The zero-order valence-electron chi connectivity index (χ0n) is 17.9. The second kappa shape index (κ2) is 10.2. The number of carbonyl (C=O) groups is 1. The number of nitrogens with one attached hydrogen (secondary N) is 1. The fraction of sp³-hybridized carbons (Fsp3) is 0.200. The third kappa shape index (κ3) is 5.00. The van der Waals surface area contributed by atoms with Crippen LogP contribution in [0.4, 0.5) is 5.69 Å². The molecule has 1 aliphatic rings. The van der Waals surface area contributed by atoms with Crippen molar-refractivity contribution in [1.29, 1.82) is 0 Å². The molecule has 0 radical (unpaired) electrons. The molecule has 4 rings (SSSR count). The zero-order chi connectivity index (χ0) is 22.5. The van der Waals surface area contributed by atoms with E-state index in [1.807, 2.05) is 67.6 Å². The number of aliphatic imine (C=N–C) groups is 1. The number of rotatable bonds is 7. The highest BCUT2D eigenvalue weighted by molar-refractivity contribution is 9.10. The Kier molecular flexibility index (Phi) is 7.17. The predicted octanol–water partition coefficient (Wildman–Crippen LogP) is 6.68. The van der Waals surface area contributed by atoms with Gasteiger partial charge < -0.3 is 14.8 Å². The molecule has 0 bridgehead atoms. The quantitative estimate of drug-likeness (QED) is 0.360. The first-order valence-electron chi connectivity index (χ1n) is 10.5. The van der Waals surface area contributed by atoms with Crippen LogP contribution in [0.15, 0.2) is 69.0 Å². The molecule has 1 fully saturated rings. The number of amides is 1. The maximum atomic E-state index is 12.6. The van der Waals surface area contributed by atoms with Gasteiger partial charge >= 0.3 is 0 Å². The van der Waals surface area contributed by atoms with Crippen LogP contribution in [0.5, 0.6) is 11.5 Å². The summed E-state index contributed by atoms with van der Waals surface area (Å²) in [4.78, 5) is 17.9. The molecule has 1 N–H and O–H groups in total. The predicted molar refractivity (Wildman–Crippen MR) is 136 cm³/mol.